The third-order valence-corrected chi connectivity index (χ3v) is 2.61. The molecule has 0 radical (unpaired) electrons. The molecule has 0 N–H and O–H groups in total. The number of rotatable bonds is 2. The zero-order valence-electron chi connectivity index (χ0n) is 7.73. The number of nitro groups is 1. The van der Waals surface area contributed by atoms with Crippen molar-refractivity contribution in [3.05, 3.63) is 10.1 Å². The number of cyclic esters (lactones) is 1. The average molecular weight is 187 g/mol. The fourth-order valence-electron chi connectivity index (χ4n) is 1.57. The van der Waals surface area contributed by atoms with Crippen LogP contribution in [-0.2, 0) is 9.53 Å². The van der Waals surface area contributed by atoms with Gasteiger partial charge in [-0.25, -0.2) is 0 Å². The lowest BCUT2D eigenvalue weighted by molar-refractivity contribution is -0.491. The molecular weight excluding hydrogens is 174 g/mol. The van der Waals surface area contributed by atoms with Gasteiger partial charge < -0.3 is 4.74 Å². The van der Waals surface area contributed by atoms with E-state index in [1.54, 1.807) is 6.92 Å². The number of carbonyl (C=O) groups excluding carboxylic acids is 1. The van der Waals surface area contributed by atoms with E-state index in [4.69, 9.17) is 4.74 Å². The summed E-state index contributed by atoms with van der Waals surface area (Å²) in [4.78, 5) is 20.9. The topological polar surface area (TPSA) is 69.4 Å². The molecule has 1 saturated heterocycles. The molecule has 5 heteroatoms. The van der Waals surface area contributed by atoms with E-state index in [1.165, 1.54) is 0 Å². The summed E-state index contributed by atoms with van der Waals surface area (Å²) in [5.74, 6) is -0.424. The van der Waals surface area contributed by atoms with Crippen molar-refractivity contribution in [1.29, 1.82) is 0 Å². The second kappa shape index (κ2) is 3.72. The Hall–Kier alpha value is -1.13. The fourth-order valence-corrected chi connectivity index (χ4v) is 1.57. The molecular formula is C8H13NO4. The number of hydrogen-bond donors (Lipinski definition) is 0. The number of carbonyl (C=O) groups is 1. The lowest BCUT2D eigenvalue weighted by atomic mass is 9.85. The van der Waals surface area contributed by atoms with Crippen molar-refractivity contribution in [2.45, 2.75) is 26.4 Å². The van der Waals surface area contributed by atoms with Crippen molar-refractivity contribution in [3.63, 3.8) is 0 Å². The van der Waals surface area contributed by atoms with E-state index in [0.29, 0.717) is 0 Å². The molecule has 3 atom stereocenters. The molecule has 0 amide bonds. The molecule has 0 bridgehead atoms. The predicted octanol–water partition coefficient (Wildman–Crippen LogP) is 0.851. The summed E-state index contributed by atoms with van der Waals surface area (Å²) >= 11 is 0. The molecule has 0 aliphatic carbocycles. The van der Waals surface area contributed by atoms with Gasteiger partial charge in [0.25, 0.3) is 0 Å². The Kier molecular flexibility index (Phi) is 2.85. The minimum Gasteiger partial charge on any atom is -0.462 e. The Balaban J connectivity index is 2.60. The van der Waals surface area contributed by atoms with E-state index >= 15 is 0 Å². The normalized spacial score (nSPS) is 34.0. The van der Waals surface area contributed by atoms with Gasteiger partial charge in [-0.3, -0.25) is 14.9 Å². The molecule has 1 aliphatic rings. The summed E-state index contributed by atoms with van der Waals surface area (Å²) in [6.45, 7) is 3.51. The minimum absolute atomic E-state index is 0.0723. The van der Waals surface area contributed by atoms with Crippen LogP contribution in [0.3, 0.4) is 0 Å². The highest BCUT2D eigenvalue weighted by Gasteiger charge is 2.35. The van der Waals surface area contributed by atoms with Crippen LogP contribution in [-0.4, -0.2) is 23.5 Å². The second-order valence-corrected chi connectivity index (χ2v) is 3.53. The van der Waals surface area contributed by atoms with Gasteiger partial charge in [0.2, 0.25) is 6.54 Å². The van der Waals surface area contributed by atoms with Crippen LogP contribution >= 0.6 is 0 Å². The van der Waals surface area contributed by atoms with Crippen LogP contribution in [0, 0.1) is 22.0 Å². The first-order chi connectivity index (χ1) is 6.00. The van der Waals surface area contributed by atoms with Crippen LogP contribution in [0.15, 0.2) is 0 Å². The van der Waals surface area contributed by atoms with Crippen LogP contribution in [0.5, 0.6) is 0 Å². The molecule has 1 rings (SSSR count). The maximum Gasteiger partial charge on any atom is 0.306 e. The second-order valence-electron chi connectivity index (χ2n) is 3.53. The molecule has 0 aromatic carbocycles. The number of nitrogens with zero attached hydrogens (tertiary/aromatic N) is 1. The molecule has 0 saturated carbocycles. The van der Waals surface area contributed by atoms with Crippen LogP contribution < -0.4 is 0 Å². The minimum atomic E-state index is -0.369. The van der Waals surface area contributed by atoms with E-state index < -0.39 is 0 Å². The van der Waals surface area contributed by atoms with Crippen LogP contribution in [0.4, 0.5) is 0 Å². The smallest absolute Gasteiger partial charge is 0.306 e. The Bertz CT molecular complexity index is 226. The molecule has 1 aliphatic heterocycles. The summed E-state index contributed by atoms with van der Waals surface area (Å²) in [6, 6.07) is 0. The highest BCUT2D eigenvalue weighted by molar-refractivity contribution is 5.70. The van der Waals surface area contributed by atoms with E-state index in [-0.39, 0.29) is 41.8 Å². The third-order valence-electron chi connectivity index (χ3n) is 2.61. The van der Waals surface area contributed by atoms with Gasteiger partial charge in [-0.2, -0.15) is 0 Å². The van der Waals surface area contributed by atoms with Gasteiger partial charge in [0.15, 0.2) is 0 Å². The lowest BCUT2D eigenvalue weighted by Crippen LogP contribution is -2.38. The Morgan fingerprint density at radius 3 is 2.77 bits per heavy atom. The zero-order chi connectivity index (χ0) is 10.0. The highest BCUT2D eigenvalue weighted by atomic mass is 16.6. The quantitative estimate of drug-likeness (QED) is 0.365. The molecule has 13 heavy (non-hydrogen) atoms. The van der Waals surface area contributed by atoms with Gasteiger partial charge in [0.05, 0.1) is 6.42 Å². The zero-order valence-corrected chi connectivity index (χ0v) is 7.73. The van der Waals surface area contributed by atoms with Gasteiger partial charge in [-0.1, -0.05) is 6.92 Å². The van der Waals surface area contributed by atoms with Gasteiger partial charge in [-0.15, -0.1) is 0 Å². The standard InChI is InChI=1S/C8H13NO4/c1-5-6(2)13-8(10)3-7(5)4-9(11)12/h5-7H,3-4H2,1-2H3. The molecule has 1 fully saturated rings. The van der Waals surface area contributed by atoms with E-state index in [0.717, 1.165) is 0 Å². The number of esters is 1. The summed E-state index contributed by atoms with van der Waals surface area (Å²) in [6.07, 6.45) is -0.0295. The first-order valence-corrected chi connectivity index (χ1v) is 4.32. The van der Waals surface area contributed by atoms with Crippen molar-refractivity contribution in [2.24, 2.45) is 11.8 Å². The maximum atomic E-state index is 11.0. The summed E-state index contributed by atoms with van der Waals surface area (Å²) < 4.78 is 4.95. The number of ether oxygens (including phenoxy) is 1. The highest BCUT2D eigenvalue weighted by Crippen LogP contribution is 2.27. The molecule has 74 valence electrons. The van der Waals surface area contributed by atoms with Crippen LogP contribution in [0.2, 0.25) is 0 Å². The van der Waals surface area contributed by atoms with Gasteiger partial charge >= 0.3 is 5.97 Å². The molecule has 0 aromatic rings. The lowest BCUT2D eigenvalue weighted by Gasteiger charge is -2.30. The number of hydrogen-bond acceptors (Lipinski definition) is 4. The maximum absolute atomic E-state index is 11.0. The first-order valence-electron chi connectivity index (χ1n) is 4.32. The SMILES string of the molecule is CC1OC(=O)CC(C[N+](=O)[O-])C1C. The summed E-state index contributed by atoms with van der Waals surface area (Å²) in [5, 5.41) is 10.3. The molecule has 5 nitrogen and oxygen atoms in total. The Morgan fingerprint density at radius 1 is 1.62 bits per heavy atom. The van der Waals surface area contributed by atoms with Crippen molar-refractivity contribution >= 4 is 5.97 Å². The molecule has 0 aromatic heterocycles. The summed E-state index contributed by atoms with van der Waals surface area (Å²) in [5.41, 5.74) is 0. The van der Waals surface area contributed by atoms with Crippen LogP contribution in [0.25, 0.3) is 0 Å². The van der Waals surface area contributed by atoms with Crippen molar-refractivity contribution in [1.82, 2.24) is 0 Å². The van der Waals surface area contributed by atoms with Gasteiger partial charge in [0.1, 0.15) is 6.10 Å². The van der Waals surface area contributed by atoms with Gasteiger partial charge in [-0.05, 0) is 6.92 Å². The van der Waals surface area contributed by atoms with Crippen molar-refractivity contribution in [2.75, 3.05) is 6.54 Å². The molecule has 3 unspecified atom stereocenters. The van der Waals surface area contributed by atoms with Crippen molar-refractivity contribution in [3.8, 4) is 0 Å². The Labute approximate surface area is 76.2 Å². The Morgan fingerprint density at radius 2 is 2.23 bits per heavy atom. The molecule has 0 spiro atoms. The van der Waals surface area contributed by atoms with E-state index in [1.807, 2.05) is 6.92 Å². The summed E-state index contributed by atoms with van der Waals surface area (Å²) in [7, 11) is 0. The fraction of sp³-hybridized carbons (Fsp3) is 0.875. The monoisotopic (exact) mass is 187 g/mol. The van der Waals surface area contributed by atoms with E-state index in [9.17, 15) is 14.9 Å². The largest absolute Gasteiger partial charge is 0.462 e. The van der Waals surface area contributed by atoms with Crippen molar-refractivity contribution < 1.29 is 14.5 Å². The molecule has 1 heterocycles. The predicted molar refractivity (Wildman–Crippen MR) is 44.7 cm³/mol. The van der Waals surface area contributed by atoms with E-state index in [2.05, 4.69) is 0 Å². The van der Waals surface area contributed by atoms with Gasteiger partial charge in [0, 0.05) is 16.8 Å². The average Bonchev–Trinajstić information content (AvgIpc) is 1.98. The third kappa shape index (κ3) is 2.40. The first kappa shape index (κ1) is 9.95. The van der Waals surface area contributed by atoms with Crippen LogP contribution in [0.1, 0.15) is 20.3 Å².